The van der Waals surface area contributed by atoms with Gasteiger partial charge in [0.15, 0.2) is 12.2 Å². The Morgan fingerprint density at radius 3 is 0.826 bits per heavy atom. The zero-order valence-corrected chi connectivity index (χ0v) is 61.8. The average molecular weight is 1350 g/mol. The van der Waals surface area contributed by atoms with Gasteiger partial charge in [-0.25, -0.2) is 9.13 Å². The van der Waals surface area contributed by atoms with Gasteiger partial charge in [0.05, 0.1) is 26.4 Å². The Balaban J connectivity index is 5.24. The van der Waals surface area contributed by atoms with Gasteiger partial charge in [0.1, 0.15) is 19.3 Å². The minimum absolute atomic E-state index is 0.102. The van der Waals surface area contributed by atoms with Crippen LogP contribution in [0.15, 0.2) is 0 Å². The maximum Gasteiger partial charge on any atom is 0.472 e. The summed E-state index contributed by atoms with van der Waals surface area (Å²) in [5, 5.41) is 10.6. The van der Waals surface area contributed by atoms with Crippen molar-refractivity contribution in [1.29, 1.82) is 0 Å². The quantitative estimate of drug-likeness (QED) is 0.0222. The second-order valence-electron chi connectivity index (χ2n) is 27.3. The van der Waals surface area contributed by atoms with Crippen molar-refractivity contribution in [2.24, 2.45) is 17.8 Å². The number of carbonyl (C=O) groups is 4. The smallest absolute Gasteiger partial charge is 0.462 e. The third kappa shape index (κ3) is 64.1. The van der Waals surface area contributed by atoms with E-state index in [2.05, 4.69) is 48.5 Å². The largest absolute Gasteiger partial charge is 0.472 e. The van der Waals surface area contributed by atoms with Gasteiger partial charge in [-0.1, -0.05) is 318 Å². The molecular formula is C73H142O17P2. The fourth-order valence-corrected chi connectivity index (χ4v) is 12.6. The number of rotatable bonds is 71. The van der Waals surface area contributed by atoms with Crippen molar-refractivity contribution >= 4 is 39.5 Å². The fourth-order valence-electron chi connectivity index (χ4n) is 11.0. The summed E-state index contributed by atoms with van der Waals surface area (Å²) in [4.78, 5) is 72.6. The number of phosphoric acid groups is 2. The van der Waals surface area contributed by atoms with Crippen LogP contribution in [-0.2, 0) is 65.4 Å². The lowest BCUT2D eigenvalue weighted by molar-refractivity contribution is -0.161. The molecule has 0 aliphatic carbocycles. The van der Waals surface area contributed by atoms with Crippen LogP contribution in [0.5, 0.6) is 0 Å². The number of esters is 4. The summed E-state index contributed by atoms with van der Waals surface area (Å²) in [5.41, 5.74) is 0. The summed E-state index contributed by atoms with van der Waals surface area (Å²) in [5.74, 6) is 0.107. The van der Waals surface area contributed by atoms with E-state index < -0.39 is 97.5 Å². The first kappa shape index (κ1) is 90.1. The van der Waals surface area contributed by atoms with Gasteiger partial charge in [-0.15, -0.1) is 0 Å². The second kappa shape index (κ2) is 63.8. The Kier molecular flexibility index (Phi) is 62.4. The van der Waals surface area contributed by atoms with Crippen LogP contribution in [0.3, 0.4) is 0 Å². The van der Waals surface area contributed by atoms with E-state index in [9.17, 15) is 43.2 Å². The summed E-state index contributed by atoms with van der Waals surface area (Å²) in [6, 6.07) is 0. The van der Waals surface area contributed by atoms with E-state index in [1.807, 2.05) is 0 Å². The molecule has 0 spiro atoms. The Hall–Kier alpha value is -1.94. The predicted molar refractivity (Wildman–Crippen MR) is 372 cm³/mol. The van der Waals surface area contributed by atoms with E-state index in [-0.39, 0.29) is 25.7 Å². The Bertz CT molecular complexity index is 1810. The summed E-state index contributed by atoms with van der Waals surface area (Å²) in [6.07, 6.45) is 48.7. The van der Waals surface area contributed by atoms with E-state index in [0.29, 0.717) is 25.7 Å². The van der Waals surface area contributed by atoms with Crippen molar-refractivity contribution in [3.8, 4) is 0 Å². The van der Waals surface area contributed by atoms with E-state index in [4.69, 9.17) is 37.0 Å². The Labute approximate surface area is 562 Å². The van der Waals surface area contributed by atoms with Crippen LogP contribution in [-0.4, -0.2) is 96.7 Å². The van der Waals surface area contributed by atoms with Crippen molar-refractivity contribution in [2.45, 2.75) is 388 Å². The molecule has 0 rings (SSSR count). The Morgan fingerprint density at radius 1 is 0.315 bits per heavy atom. The SMILES string of the molecule is CCCCCCCCCCCCCCCCCCCC(=O)O[C@H](COC(=O)CCCCCCCCCCCCCCC(C)C)COP(=O)(O)OC[C@@H](O)COP(=O)(O)OC[C@@H](COC(=O)CCCCCCCCC(C)CC)OC(=O)CCCCCCCCC(C)CC. The first-order valence-corrected chi connectivity index (χ1v) is 40.9. The van der Waals surface area contributed by atoms with Gasteiger partial charge >= 0.3 is 39.5 Å². The molecule has 0 amide bonds. The number of hydrogen-bond donors (Lipinski definition) is 3. The third-order valence-electron chi connectivity index (χ3n) is 17.6. The zero-order chi connectivity index (χ0) is 68.0. The maximum atomic E-state index is 13.1. The molecule has 0 aliphatic rings. The van der Waals surface area contributed by atoms with Crippen molar-refractivity contribution in [1.82, 2.24) is 0 Å². The molecule has 3 N–H and O–H groups in total. The number of carbonyl (C=O) groups excluding carboxylic acids is 4. The molecule has 0 aromatic rings. The van der Waals surface area contributed by atoms with Crippen LogP contribution in [0, 0.1) is 17.8 Å². The van der Waals surface area contributed by atoms with Gasteiger partial charge in [-0.3, -0.25) is 37.3 Å². The minimum atomic E-state index is -4.96. The van der Waals surface area contributed by atoms with Crippen LogP contribution in [0.2, 0.25) is 0 Å². The molecule has 0 heterocycles. The number of unbranched alkanes of at least 4 members (excludes halogenated alkanes) is 37. The monoisotopic (exact) mass is 1350 g/mol. The third-order valence-corrected chi connectivity index (χ3v) is 19.5. The highest BCUT2D eigenvalue weighted by Gasteiger charge is 2.30. The normalized spacial score (nSPS) is 14.7. The van der Waals surface area contributed by atoms with Gasteiger partial charge in [0.25, 0.3) is 0 Å². The van der Waals surface area contributed by atoms with Crippen molar-refractivity contribution in [3.05, 3.63) is 0 Å². The van der Waals surface area contributed by atoms with Gasteiger partial charge < -0.3 is 33.8 Å². The molecule has 0 aromatic heterocycles. The van der Waals surface area contributed by atoms with E-state index >= 15 is 0 Å². The molecule has 4 unspecified atom stereocenters. The topological polar surface area (TPSA) is 237 Å². The molecule has 7 atom stereocenters. The molecule has 0 aromatic carbocycles. The van der Waals surface area contributed by atoms with E-state index in [1.54, 1.807) is 0 Å². The molecule has 0 fully saturated rings. The van der Waals surface area contributed by atoms with Crippen LogP contribution in [0.25, 0.3) is 0 Å². The second-order valence-corrected chi connectivity index (χ2v) is 30.2. The van der Waals surface area contributed by atoms with Crippen LogP contribution in [0.1, 0.15) is 370 Å². The van der Waals surface area contributed by atoms with Crippen molar-refractivity contribution < 1.29 is 80.2 Å². The minimum Gasteiger partial charge on any atom is -0.462 e. The van der Waals surface area contributed by atoms with E-state index in [0.717, 1.165) is 114 Å². The van der Waals surface area contributed by atoms with Crippen molar-refractivity contribution in [3.63, 3.8) is 0 Å². The molecule has 0 saturated carbocycles. The number of aliphatic hydroxyl groups is 1. The maximum absolute atomic E-state index is 13.1. The van der Waals surface area contributed by atoms with Gasteiger partial charge in [-0.05, 0) is 43.4 Å². The highest BCUT2D eigenvalue weighted by molar-refractivity contribution is 7.47. The van der Waals surface area contributed by atoms with Crippen LogP contribution < -0.4 is 0 Å². The lowest BCUT2D eigenvalue weighted by atomic mass is 10.00. The van der Waals surface area contributed by atoms with Gasteiger partial charge in [0, 0.05) is 25.7 Å². The lowest BCUT2D eigenvalue weighted by Gasteiger charge is -2.21. The Morgan fingerprint density at radius 2 is 0.554 bits per heavy atom. The predicted octanol–water partition coefficient (Wildman–Crippen LogP) is 21.0. The first-order chi connectivity index (χ1) is 44.3. The number of phosphoric ester groups is 2. The number of ether oxygens (including phenoxy) is 4. The summed E-state index contributed by atoms with van der Waals surface area (Å²) in [6.45, 7) is 11.8. The summed E-state index contributed by atoms with van der Waals surface area (Å²) < 4.78 is 68.4. The zero-order valence-electron chi connectivity index (χ0n) is 60.0. The molecule has 0 radical (unpaired) electrons. The molecule has 0 saturated heterocycles. The highest BCUT2D eigenvalue weighted by atomic mass is 31.2. The van der Waals surface area contributed by atoms with Gasteiger partial charge in [-0.2, -0.15) is 0 Å². The molecule has 19 heteroatoms. The summed E-state index contributed by atoms with van der Waals surface area (Å²) >= 11 is 0. The van der Waals surface area contributed by atoms with Crippen LogP contribution in [0.4, 0.5) is 0 Å². The number of aliphatic hydroxyl groups excluding tert-OH is 1. The molecule has 0 bridgehead atoms. The van der Waals surface area contributed by atoms with Gasteiger partial charge in [0.2, 0.25) is 0 Å². The first-order valence-electron chi connectivity index (χ1n) is 37.9. The van der Waals surface area contributed by atoms with Crippen molar-refractivity contribution in [2.75, 3.05) is 39.6 Å². The standard InChI is InChI=1S/C73H142O17P2/c1-8-11-12-13-14-15-16-17-18-19-20-21-26-29-32-42-49-56-72(77)89-68(60-83-70(75)54-47-40-31-28-25-23-22-24-27-30-37-44-51-64(4)5)62-87-91(79,80)85-58-67(74)59-86-92(81,82)88-63-69(90-73(78)57-50-43-36-34-39-46-53-66(7)10-3)61-84-71(76)55-48-41-35-33-38-45-52-65(6)9-2/h64-69,74H,8-63H2,1-7H3,(H,79,80)(H,81,82)/t65?,66?,67-,68-,69-/m1/s1. The molecule has 17 nitrogen and oxygen atoms in total. The molecule has 92 heavy (non-hydrogen) atoms. The fraction of sp³-hybridized carbons (Fsp3) is 0.945. The van der Waals surface area contributed by atoms with Crippen LogP contribution >= 0.6 is 15.6 Å². The molecule has 0 aliphatic heterocycles. The summed E-state index contributed by atoms with van der Waals surface area (Å²) in [7, 11) is -9.91. The molecule has 546 valence electrons. The lowest BCUT2D eigenvalue weighted by Crippen LogP contribution is -2.30. The van der Waals surface area contributed by atoms with E-state index in [1.165, 1.54) is 173 Å². The molecular weight excluding hydrogens is 1210 g/mol. The highest BCUT2D eigenvalue weighted by Crippen LogP contribution is 2.45. The number of hydrogen-bond acceptors (Lipinski definition) is 15. The average Bonchev–Trinajstić information content (AvgIpc) is 2.96.